The van der Waals surface area contributed by atoms with Gasteiger partial charge in [0.1, 0.15) is 12.3 Å². The summed E-state index contributed by atoms with van der Waals surface area (Å²) in [6, 6.07) is 27.6. The molecule has 4 aromatic rings. The Balaban J connectivity index is 1.16. The van der Waals surface area contributed by atoms with Crippen molar-refractivity contribution in [3.8, 4) is 5.75 Å². The number of carbonyl (C=O) groups excluding carboxylic acids is 4. The predicted molar refractivity (Wildman–Crippen MR) is 166 cm³/mol. The number of anilines is 2. The lowest BCUT2D eigenvalue weighted by Crippen LogP contribution is -2.36. The number of benzene rings is 4. The predicted octanol–water partition coefficient (Wildman–Crippen LogP) is 6.66. The molecule has 0 aromatic heterocycles. The van der Waals surface area contributed by atoms with E-state index in [1.807, 2.05) is 60.7 Å². The second-order valence-corrected chi connectivity index (χ2v) is 11.0. The molecule has 0 saturated carbocycles. The summed E-state index contributed by atoms with van der Waals surface area (Å²) in [5.41, 5.74) is 3.09. The number of fused-ring (bicyclic) bond motifs is 1. The third-order valence-electron chi connectivity index (χ3n) is 6.64. The van der Waals surface area contributed by atoms with Gasteiger partial charge in [-0.05, 0) is 64.5 Å². The van der Waals surface area contributed by atoms with E-state index in [4.69, 9.17) is 4.74 Å². The molecule has 2 N–H and O–H groups in total. The zero-order valence-corrected chi connectivity index (χ0v) is 23.9. The Hall–Kier alpha value is -4.89. The normalized spacial score (nSPS) is 14.1. The van der Waals surface area contributed by atoms with E-state index in [9.17, 15) is 19.2 Å². The van der Waals surface area contributed by atoms with Gasteiger partial charge in [0.25, 0.3) is 17.1 Å². The van der Waals surface area contributed by atoms with Gasteiger partial charge in [0.2, 0.25) is 5.91 Å². The van der Waals surface area contributed by atoms with Gasteiger partial charge in [-0.1, -0.05) is 80.6 Å². The maximum Gasteiger partial charge on any atom is 0.294 e. The van der Waals surface area contributed by atoms with Crippen molar-refractivity contribution in [1.82, 2.24) is 4.90 Å². The van der Waals surface area contributed by atoms with E-state index in [-0.39, 0.29) is 29.9 Å². The fourth-order valence-corrected chi connectivity index (χ4v) is 5.40. The van der Waals surface area contributed by atoms with Crippen LogP contribution in [0.2, 0.25) is 0 Å². The van der Waals surface area contributed by atoms with Crippen molar-refractivity contribution in [2.24, 2.45) is 0 Å². The molecule has 5 rings (SSSR count). The Morgan fingerprint density at radius 3 is 2.29 bits per heavy atom. The van der Waals surface area contributed by atoms with Crippen LogP contribution in [0.15, 0.2) is 95.9 Å². The molecule has 0 aliphatic carbocycles. The number of thioether (sulfide) groups is 1. The maximum absolute atomic E-state index is 12.9. The van der Waals surface area contributed by atoms with Crippen LogP contribution in [-0.4, -0.2) is 41.0 Å². The molecule has 4 aromatic carbocycles. The van der Waals surface area contributed by atoms with Crippen LogP contribution in [0.1, 0.15) is 30.9 Å². The minimum absolute atomic E-state index is 0.161. The molecular weight excluding hydrogens is 550 g/mol. The summed E-state index contributed by atoms with van der Waals surface area (Å²) >= 11 is 0.784. The van der Waals surface area contributed by atoms with Crippen LogP contribution < -0.4 is 15.4 Å². The number of nitrogens with zero attached hydrogens (tertiary/aromatic N) is 1. The number of carbonyl (C=O) groups is 4. The number of nitrogens with one attached hydrogen (secondary N) is 2. The Kier molecular flexibility index (Phi) is 8.68. The fourth-order valence-electron chi connectivity index (χ4n) is 4.57. The van der Waals surface area contributed by atoms with E-state index in [0.29, 0.717) is 17.0 Å². The molecule has 1 aliphatic rings. The van der Waals surface area contributed by atoms with E-state index >= 15 is 0 Å². The first-order chi connectivity index (χ1) is 20.3. The van der Waals surface area contributed by atoms with Crippen molar-refractivity contribution in [2.75, 3.05) is 23.8 Å². The van der Waals surface area contributed by atoms with Gasteiger partial charge in [-0.2, -0.15) is 0 Å². The lowest BCUT2D eigenvalue weighted by molar-refractivity contribution is -0.127. The fraction of sp³-hybridized carbons (Fsp3) is 0.152. The van der Waals surface area contributed by atoms with Gasteiger partial charge >= 0.3 is 0 Å². The SMILES string of the molecule is CC(C)c1ccccc1NC(=O)COc1ccc(/C=C2/SC(=O)N(CC(=O)Nc3cccc4ccccc34)C2=O)cc1. The van der Waals surface area contributed by atoms with E-state index in [0.717, 1.165) is 38.7 Å². The van der Waals surface area contributed by atoms with Gasteiger partial charge in [-0.15, -0.1) is 0 Å². The Labute approximate surface area is 247 Å². The molecule has 1 aliphatic heterocycles. The molecule has 1 heterocycles. The number of para-hydroxylation sites is 1. The van der Waals surface area contributed by atoms with Crippen molar-refractivity contribution in [2.45, 2.75) is 19.8 Å². The van der Waals surface area contributed by atoms with Gasteiger partial charge in [0.05, 0.1) is 4.91 Å². The molecule has 0 unspecified atom stereocenters. The standard InChI is InChI=1S/C33H29N3O5S/c1-21(2)25-10-5-6-12-27(25)35-31(38)20-41-24-16-14-22(15-17-24)18-29-32(39)36(33(40)42-29)19-30(37)34-28-13-7-9-23-8-3-4-11-26(23)28/h3-18,21H,19-20H2,1-2H3,(H,34,37)(H,35,38)/b29-18+. The molecule has 212 valence electrons. The lowest BCUT2D eigenvalue weighted by atomic mass is 10.0. The summed E-state index contributed by atoms with van der Waals surface area (Å²) in [5, 5.41) is 7.03. The van der Waals surface area contributed by atoms with Crippen molar-refractivity contribution in [1.29, 1.82) is 0 Å². The van der Waals surface area contributed by atoms with Crippen LogP contribution in [0.25, 0.3) is 16.8 Å². The van der Waals surface area contributed by atoms with Gasteiger partial charge < -0.3 is 15.4 Å². The molecule has 9 heteroatoms. The molecule has 0 atom stereocenters. The average Bonchev–Trinajstić information content (AvgIpc) is 3.24. The van der Waals surface area contributed by atoms with Crippen molar-refractivity contribution < 1.29 is 23.9 Å². The highest BCUT2D eigenvalue weighted by Gasteiger charge is 2.36. The second kappa shape index (κ2) is 12.7. The Morgan fingerprint density at radius 2 is 1.50 bits per heavy atom. The number of ether oxygens (including phenoxy) is 1. The van der Waals surface area contributed by atoms with Crippen LogP contribution in [0.5, 0.6) is 5.75 Å². The van der Waals surface area contributed by atoms with Gasteiger partial charge in [0, 0.05) is 16.8 Å². The van der Waals surface area contributed by atoms with Crippen LogP contribution in [0.3, 0.4) is 0 Å². The summed E-state index contributed by atoms with van der Waals surface area (Å²) in [6.45, 7) is 3.58. The molecule has 1 fully saturated rings. The number of amides is 4. The summed E-state index contributed by atoms with van der Waals surface area (Å²) < 4.78 is 5.63. The molecule has 1 saturated heterocycles. The Morgan fingerprint density at radius 1 is 0.833 bits per heavy atom. The summed E-state index contributed by atoms with van der Waals surface area (Å²) in [7, 11) is 0. The van der Waals surface area contributed by atoms with Crippen molar-refractivity contribution in [3.05, 3.63) is 107 Å². The van der Waals surface area contributed by atoms with Crippen LogP contribution in [0, 0.1) is 0 Å². The second-order valence-electron chi connectivity index (χ2n) is 9.99. The third-order valence-corrected chi connectivity index (χ3v) is 7.55. The largest absolute Gasteiger partial charge is 0.484 e. The molecule has 0 radical (unpaired) electrons. The highest BCUT2D eigenvalue weighted by atomic mass is 32.2. The number of imide groups is 1. The average molecular weight is 580 g/mol. The molecule has 0 spiro atoms. The molecule has 4 amide bonds. The topological polar surface area (TPSA) is 105 Å². The molecule has 42 heavy (non-hydrogen) atoms. The number of hydrogen-bond donors (Lipinski definition) is 2. The zero-order chi connectivity index (χ0) is 29.6. The first-order valence-corrected chi connectivity index (χ1v) is 14.2. The van der Waals surface area contributed by atoms with E-state index in [2.05, 4.69) is 24.5 Å². The minimum atomic E-state index is -0.531. The molecular formula is C33H29N3O5S. The third kappa shape index (κ3) is 6.70. The van der Waals surface area contributed by atoms with Crippen LogP contribution in [0.4, 0.5) is 16.2 Å². The van der Waals surface area contributed by atoms with E-state index in [1.165, 1.54) is 0 Å². The number of hydrogen-bond acceptors (Lipinski definition) is 6. The van der Waals surface area contributed by atoms with E-state index in [1.54, 1.807) is 36.4 Å². The maximum atomic E-state index is 12.9. The summed E-state index contributed by atoms with van der Waals surface area (Å²) in [5.74, 6) is -0.517. The first kappa shape index (κ1) is 28.6. The van der Waals surface area contributed by atoms with Gasteiger partial charge in [-0.3, -0.25) is 24.1 Å². The first-order valence-electron chi connectivity index (χ1n) is 13.4. The highest BCUT2D eigenvalue weighted by molar-refractivity contribution is 8.18. The van der Waals surface area contributed by atoms with Gasteiger partial charge in [0.15, 0.2) is 6.61 Å². The Bertz CT molecular complexity index is 1690. The quantitative estimate of drug-likeness (QED) is 0.215. The van der Waals surface area contributed by atoms with Crippen molar-refractivity contribution in [3.63, 3.8) is 0 Å². The summed E-state index contributed by atoms with van der Waals surface area (Å²) in [6.07, 6.45) is 1.59. The van der Waals surface area contributed by atoms with Gasteiger partial charge in [-0.25, -0.2) is 0 Å². The smallest absolute Gasteiger partial charge is 0.294 e. The molecule has 0 bridgehead atoms. The summed E-state index contributed by atoms with van der Waals surface area (Å²) in [4.78, 5) is 51.8. The zero-order valence-electron chi connectivity index (χ0n) is 23.1. The van der Waals surface area contributed by atoms with Crippen LogP contribution >= 0.6 is 11.8 Å². The minimum Gasteiger partial charge on any atom is -0.484 e. The lowest BCUT2D eigenvalue weighted by Gasteiger charge is -2.14. The van der Waals surface area contributed by atoms with Crippen LogP contribution in [-0.2, 0) is 14.4 Å². The highest BCUT2D eigenvalue weighted by Crippen LogP contribution is 2.32. The monoisotopic (exact) mass is 579 g/mol. The van der Waals surface area contributed by atoms with E-state index < -0.39 is 17.1 Å². The number of rotatable bonds is 9. The molecule has 8 nitrogen and oxygen atoms in total. The van der Waals surface area contributed by atoms with Crippen molar-refractivity contribution >= 4 is 62.9 Å².